The molecule has 0 aliphatic rings. The van der Waals surface area contributed by atoms with Gasteiger partial charge in [0.15, 0.2) is 0 Å². The molecule has 0 saturated carbocycles. The fraction of sp³-hybridized carbons (Fsp3) is 0.300. The Balaban J connectivity index is 2.10. The van der Waals surface area contributed by atoms with E-state index in [1.54, 1.807) is 49.6 Å². The molecule has 0 atom stereocenters. The Morgan fingerprint density at radius 2 is 1.81 bits per heavy atom. The van der Waals surface area contributed by atoms with Gasteiger partial charge in [0.1, 0.15) is 5.75 Å². The average molecular weight is 356 g/mol. The highest BCUT2D eigenvalue weighted by molar-refractivity contribution is 6.09. The summed E-state index contributed by atoms with van der Waals surface area (Å²) in [6.45, 7) is 3.43. The molecule has 0 aromatic heterocycles. The number of para-hydroxylation sites is 1. The summed E-state index contributed by atoms with van der Waals surface area (Å²) in [6, 6.07) is 13.8. The van der Waals surface area contributed by atoms with E-state index in [2.05, 4.69) is 10.6 Å². The first kappa shape index (κ1) is 19.5. The zero-order chi connectivity index (χ0) is 18.8. The molecule has 0 aliphatic carbocycles. The third-order valence-corrected chi connectivity index (χ3v) is 3.58. The molecule has 2 amide bonds. The fourth-order valence-corrected chi connectivity index (χ4v) is 2.29. The summed E-state index contributed by atoms with van der Waals surface area (Å²) in [6.07, 6.45) is 0.891. The number of rotatable bonds is 9. The number of amides is 2. The molecule has 2 N–H and O–H groups in total. The van der Waals surface area contributed by atoms with E-state index in [1.165, 1.54) is 0 Å². The smallest absolute Gasteiger partial charge is 0.255 e. The van der Waals surface area contributed by atoms with Crippen molar-refractivity contribution in [2.45, 2.75) is 13.3 Å². The van der Waals surface area contributed by atoms with Gasteiger partial charge in [0.2, 0.25) is 0 Å². The molecule has 0 spiro atoms. The molecule has 2 aromatic carbocycles. The normalized spacial score (nSPS) is 10.2. The summed E-state index contributed by atoms with van der Waals surface area (Å²) in [5, 5.41) is 5.55. The third kappa shape index (κ3) is 5.60. The minimum absolute atomic E-state index is 0.266. The van der Waals surface area contributed by atoms with Crippen LogP contribution in [0.2, 0.25) is 0 Å². The summed E-state index contributed by atoms with van der Waals surface area (Å²) in [4.78, 5) is 24.8. The van der Waals surface area contributed by atoms with Crippen LogP contribution in [-0.2, 0) is 4.74 Å². The highest BCUT2D eigenvalue weighted by Crippen LogP contribution is 2.18. The molecule has 6 heteroatoms. The van der Waals surface area contributed by atoms with Crippen LogP contribution in [0.3, 0.4) is 0 Å². The Hall–Kier alpha value is -2.86. The molecule has 0 radical (unpaired) electrons. The quantitative estimate of drug-likeness (QED) is 0.677. The van der Waals surface area contributed by atoms with Crippen molar-refractivity contribution in [3.8, 4) is 5.75 Å². The molecular formula is C20H24N2O4. The highest BCUT2D eigenvalue weighted by Gasteiger charge is 2.14. The molecule has 0 fully saturated rings. The molecule has 0 aliphatic heterocycles. The Kier molecular flexibility index (Phi) is 7.64. The molecule has 2 rings (SSSR count). The van der Waals surface area contributed by atoms with Crippen molar-refractivity contribution in [3.05, 3.63) is 59.7 Å². The number of benzene rings is 2. The number of carbonyl (C=O) groups is 2. The average Bonchev–Trinajstić information content (AvgIpc) is 2.67. The lowest BCUT2D eigenvalue weighted by molar-refractivity contribution is 0.0938. The van der Waals surface area contributed by atoms with E-state index in [1.807, 2.05) is 13.0 Å². The zero-order valence-electron chi connectivity index (χ0n) is 15.1. The van der Waals surface area contributed by atoms with Gasteiger partial charge in [0.25, 0.3) is 11.8 Å². The zero-order valence-corrected chi connectivity index (χ0v) is 15.1. The van der Waals surface area contributed by atoms with Crippen LogP contribution in [0.5, 0.6) is 5.75 Å². The van der Waals surface area contributed by atoms with Crippen LogP contribution in [0.25, 0.3) is 0 Å². The van der Waals surface area contributed by atoms with Crippen molar-refractivity contribution >= 4 is 17.5 Å². The van der Waals surface area contributed by atoms with Crippen molar-refractivity contribution < 1.29 is 19.1 Å². The van der Waals surface area contributed by atoms with Crippen LogP contribution in [0.1, 0.15) is 34.1 Å². The van der Waals surface area contributed by atoms with Crippen molar-refractivity contribution in [2.24, 2.45) is 0 Å². The molecule has 6 nitrogen and oxygen atoms in total. The van der Waals surface area contributed by atoms with Gasteiger partial charge in [-0.3, -0.25) is 9.59 Å². The lowest BCUT2D eigenvalue weighted by atomic mass is 10.1. The van der Waals surface area contributed by atoms with E-state index in [-0.39, 0.29) is 11.8 Å². The second-order valence-corrected chi connectivity index (χ2v) is 5.62. The van der Waals surface area contributed by atoms with Crippen LogP contribution in [0, 0.1) is 0 Å². The Morgan fingerprint density at radius 3 is 2.58 bits per heavy atom. The van der Waals surface area contributed by atoms with E-state index in [9.17, 15) is 9.59 Å². The summed E-state index contributed by atoms with van der Waals surface area (Å²) in [5.74, 6) is 0.0761. The van der Waals surface area contributed by atoms with Gasteiger partial charge < -0.3 is 20.1 Å². The van der Waals surface area contributed by atoms with Crippen LogP contribution in [-0.4, -0.2) is 38.7 Å². The maximum atomic E-state index is 12.6. The van der Waals surface area contributed by atoms with E-state index in [0.29, 0.717) is 42.3 Å². The van der Waals surface area contributed by atoms with E-state index < -0.39 is 0 Å². The van der Waals surface area contributed by atoms with Crippen LogP contribution >= 0.6 is 0 Å². The second-order valence-electron chi connectivity index (χ2n) is 5.62. The minimum Gasteiger partial charge on any atom is -0.494 e. The Labute approximate surface area is 153 Å². The number of anilines is 1. The van der Waals surface area contributed by atoms with E-state index >= 15 is 0 Å². The lowest BCUT2D eigenvalue weighted by Gasteiger charge is -2.12. The summed E-state index contributed by atoms with van der Waals surface area (Å²) in [7, 11) is 1.57. The van der Waals surface area contributed by atoms with Crippen molar-refractivity contribution in [1.82, 2.24) is 5.32 Å². The molecule has 0 bridgehead atoms. The van der Waals surface area contributed by atoms with Gasteiger partial charge in [-0.2, -0.15) is 0 Å². The SMILES string of the molecule is CCCOc1cccc(C(=O)Nc2ccccc2C(=O)NCCOC)c1. The number of methoxy groups -OCH3 is 1. The Bertz CT molecular complexity index is 746. The molecule has 0 unspecified atom stereocenters. The number of nitrogens with one attached hydrogen (secondary N) is 2. The number of ether oxygens (including phenoxy) is 2. The standard InChI is InChI=1S/C20H24N2O4/c1-3-12-26-16-8-6-7-15(14-16)19(23)22-18-10-5-4-9-17(18)20(24)21-11-13-25-2/h4-10,14H,3,11-13H2,1-2H3,(H,21,24)(H,22,23). The lowest BCUT2D eigenvalue weighted by Crippen LogP contribution is -2.28. The topological polar surface area (TPSA) is 76.7 Å². The predicted octanol–water partition coefficient (Wildman–Crippen LogP) is 3.10. The van der Waals surface area contributed by atoms with Crippen molar-refractivity contribution in [2.75, 3.05) is 32.2 Å². The van der Waals surface area contributed by atoms with Gasteiger partial charge in [-0.25, -0.2) is 0 Å². The van der Waals surface area contributed by atoms with E-state index in [4.69, 9.17) is 9.47 Å². The second kappa shape index (κ2) is 10.2. The molecular weight excluding hydrogens is 332 g/mol. The number of carbonyl (C=O) groups excluding carboxylic acids is 2. The molecule has 138 valence electrons. The first-order chi connectivity index (χ1) is 12.7. The van der Waals surface area contributed by atoms with Crippen LogP contribution < -0.4 is 15.4 Å². The summed E-state index contributed by atoms with van der Waals surface area (Å²) < 4.78 is 10.5. The summed E-state index contributed by atoms with van der Waals surface area (Å²) in [5.41, 5.74) is 1.32. The monoisotopic (exact) mass is 356 g/mol. The maximum Gasteiger partial charge on any atom is 0.255 e. The number of hydrogen-bond donors (Lipinski definition) is 2. The van der Waals surface area contributed by atoms with Gasteiger partial charge in [-0.05, 0) is 36.8 Å². The minimum atomic E-state index is -0.302. The van der Waals surface area contributed by atoms with Crippen LogP contribution in [0.15, 0.2) is 48.5 Å². The van der Waals surface area contributed by atoms with Gasteiger partial charge >= 0.3 is 0 Å². The van der Waals surface area contributed by atoms with Crippen molar-refractivity contribution in [3.63, 3.8) is 0 Å². The molecule has 0 heterocycles. The fourth-order valence-electron chi connectivity index (χ4n) is 2.29. The van der Waals surface area contributed by atoms with Gasteiger partial charge in [-0.15, -0.1) is 0 Å². The van der Waals surface area contributed by atoms with Gasteiger partial charge in [0.05, 0.1) is 24.5 Å². The molecule has 0 saturated heterocycles. The maximum absolute atomic E-state index is 12.6. The largest absolute Gasteiger partial charge is 0.494 e. The summed E-state index contributed by atoms with van der Waals surface area (Å²) >= 11 is 0. The highest BCUT2D eigenvalue weighted by atomic mass is 16.5. The first-order valence-corrected chi connectivity index (χ1v) is 8.56. The number of hydrogen-bond acceptors (Lipinski definition) is 4. The predicted molar refractivity (Wildman–Crippen MR) is 101 cm³/mol. The van der Waals surface area contributed by atoms with Gasteiger partial charge in [0, 0.05) is 19.2 Å². The van der Waals surface area contributed by atoms with Gasteiger partial charge in [-0.1, -0.05) is 25.1 Å². The first-order valence-electron chi connectivity index (χ1n) is 8.56. The van der Waals surface area contributed by atoms with Crippen molar-refractivity contribution in [1.29, 1.82) is 0 Å². The molecule has 2 aromatic rings. The van der Waals surface area contributed by atoms with E-state index in [0.717, 1.165) is 6.42 Å². The third-order valence-electron chi connectivity index (χ3n) is 3.58. The Morgan fingerprint density at radius 1 is 1.00 bits per heavy atom. The molecule has 26 heavy (non-hydrogen) atoms. The van der Waals surface area contributed by atoms with Crippen LogP contribution in [0.4, 0.5) is 5.69 Å².